The maximum absolute atomic E-state index is 14.7. The molecule has 190 valence electrons. The summed E-state index contributed by atoms with van der Waals surface area (Å²) in [7, 11) is 1.64. The molecule has 0 spiro atoms. The van der Waals surface area contributed by atoms with E-state index >= 15 is 0 Å². The quantitative estimate of drug-likeness (QED) is 0.488. The minimum atomic E-state index is -4.87. The lowest BCUT2D eigenvalue weighted by molar-refractivity contribution is -0.274. The fourth-order valence-corrected chi connectivity index (χ4v) is 4.84. The monoisotopic (exact) mass is 503 g/mol. The van der Waals surface area contributed by atoms with Crippen LogP contribution >= 0.6 is 0 Å². The molecule has 36 heavy (non-hydrogen) atoms. The van der Waals surface area contributed by atoms with Gasteiger partial charge in [-0.25, -0.2) is 9.37 Å². The third kappa shape index (κ3) is 4.86. The zero-order valence-corrected chi connectivity index (χ0v) is 20.2. The molecule has 1 fully saturated rings. The topological polar surface area (TPSA) is 74.4 Å². The van der Waals surface area contributed by atoms with Gasteiger partial charge in [0.1, 0.15) is 28.8 Å². The van der Waals surface area contributed by atoms with Crippen molar-refractivity contribution in [3.8, 4) is 11.8 Å². The predicted molar refractivity (Wildman–Crippen MR) is 126 cm³/mol. The highest BCUT2D eigenvalue weighted by Crippen LogP contribution is 2.35. The number of aromatic nitrogens is 2. The third-order valence-electron chi connectivity index (χ3n) is 6.68. The molecule has 3 atom stereocenters. The van der Waals surface area contributed by atoms with Crippen LogP contribution in [-0.2, 0) is 7.05 Å². The Bertz CT molecular complexity index is 1400. The zero-order chi connectivity index (χ0) is 26.4. The first-order valence-corrected chi connectivity index (χ1v) is 11.4. The van der Waals surface area contributed by atoms with E-state index in [0.29, 0.717) is 29.8 Å². The van der Waals surface area contributed by atoms with Gasteiger partial charge in [0.2, 0.25) is 0 Å². The standard InChI is InChI=1S/C25H25F4N5O2/c1-14-13-34(22-10-23(35)32(4)21-8-5-17(11-30)31-24(21)22)15(2)12-33(14)16(3)19-9-18(6-7-20(19)26)36-25(27,28)29/h5-10,14-16H,12-13H2,1-4H3/t14-,15+,16?/m1/s1. The van der Waals surface area contributed by atoms with Crippen molar-refractivity contribution in [1.82, 2.24) is 14.5 Å². The number of piperazine rings is 1. The van der Waals surface area contributed by atoms with E-state index in [9.17, 15) is 27.6 Å². The number of hydrogen-bond donors (Lipinski definition) is 0. The van der Waals surface area contributed by atoms with Crippen LogP contribution in [0.4, 0.5) is 23.2 Å². The van der Waals surface area contributed by atoms with E-state index in [1.807, 2.05) is 29.7 Å². The zero-order valence-electron chi connectivity index (χ0n) is 20.2. The summed E-state index contributed by atoms with van der Waals surface area (Å²) in [6, 6.07) is 8.94. The molecule has 4 rings (SSSR count). The van der Waals surface area contributed by atoms with E-state index in [0.717, 1.165) is 18.2 Å². The lowest BCUT2D eigenvalue weighted by Crippen LogP contribution is -2.57. The van der Waals surface area contributed by atoms with Crippen molar-refractivity contribution in [2.24, 2.45) is 7.05 Å². The molecule has 0 saturated carbocycles. The summed E-state index contributed by atoms with van der Waals surface area (Å²) in [5.74, 6) is -1.10. The fourth-order valence-electron chi connectivity index (χ4n) is 4.84. The maximum Gasteiger partial charge on any atom is 0.573 e. The second-order valence-corrected chi connectivity index (χ2v) is 9.06. The third-order valence-corrected chi connectivity index (χ3v) is 6.68. The van der Waals surface area contributed by atoms with E-state index < -0.39 is 24.0 Å². The van der Waals surface area contributed by atoms with Crippen molar-refractivity contribution in [1.29, 1.82) is 5.26 Å². The smallest absolute Gasteiger partial charge is 0.406 e. The highest BCUT2D eigenvalue weighted by molar-refractivity contribution is 5.89. The number of hydrogen-bond acceptors (Lipinski definition) is 6. The summed E-state index contributed by atoms with van der Waals surface area (Å²) >= 11 is 0. The largest absolute Gasteiger partial charge is 0.573 e. The molecule has 0 radical (unpaired) electrons. The van der Waals surface area contributed by atoms with Crippen LogP contribution in [0, 0.1) is 17.1 Å². The van der Waals surface area contributed by atoms with Gasteiger partial charge >= 0.3 is 6.36 Å². The van der Waals surface area contributed by atoms with Crippen LogP contribution < -0.4 is 15.2 Å². The van der Waals surface area contributed by atoms with Gasteiger partial charge in [-0.3, -0.25) is 9.69 Å². The molecule has 3 heterocycles. The summed E-state index contributed by atoms with van der Waals surface area (Å²) in [4.78, 5) is 21.2. The highest BCUT2D eigenvalue weighted by Gasteiger charge is 2.35. The summed E-state index contributed by atoms with van der Waals surface area (Å²) in [6.07, 6.45) is -4.87. The Kier molecular flexibility index (Phi) is 6.66. The number of halogens is 4. The normalized spacial score (nSPS) is 19.8. The van der Waals surface area contributed by atoms with Crippen molar-refractivity contribution in [3.63, 3.8) is 0 Å². The molecule has 0 bridgehead atoms. The molecule has 0 aliphatic carbocycles. The molecule has 0 amide bonds. The summed E-state index contributed by atoms with van der Waals surface area (Å²) in [5, 5.41) is 9.32. The van der Waals surface area contributed by atoms with Crippen LogP contribution in [0.1, 0.15) is 38.1 Å². The Morgan fingerprint density at radius 1 is 1.14 bits per heavy atom. The summed E-state index contributed by atoms with van der Waals surface area (Å²) in [5.41, 5.74) is 1.83. The minimum Gasteiger partial charge on any atom is -0.406 e. The maximum atomic E-state index is 14.7. The van der Waals surface area contributed by atoms with Gasteiger partial charge in [0, 0.05) is 49.9 Å². The average molecular weight is 504 g/mol. The Morgan fingerprint density at radius 3 is 2.53 bits per heavy atom. The van der Waals surface area contributed by atoms with Crippen LogP contribution in [0.2, 0.25) is 0 Å². The molecular formula is C25H25F4N5O2. The Hall–Kier alpha value is -3.65. The van der Waals surface area contributed by atoms with Gasteiger partial charge in [-0.15, -0.1) is 13.2 Å². The molecule has 2 aromatic heterocycles. The first-order valence-electron chi connectivity index (χ1n) is 11.4. The van der Waals surface area contributed by atoms with Crippen molar-refractivity contribution in [2.75, 3.05) is 18.0 Å². The molecule has 3 aromatic rings. The van der Waals surface area contributed by atoms with Gasteiger partial charge in [0.05, 0.1) is 11.2 Å². The van der Waals surface area contributed by atoms with E-state index in [-0.39, 0.29) is 28.9 Å². The Morgan fingerprint density at radius 2 is 1.86 bits per heavy atom. The lowest BCUT2D eigenvalue weighted by Gasteiger charge is -2.47. The average Bonchev–Trinajstić information content (AvgIpc) is 2.82. The van der Waals surface area contributed by atoms with E-state index in [1.165, 1.54) is 10.6 Å². The number of alkyl halides is 3. The number of benzene rings is 1. The first-order chi connectivity index (χ1) is 16.9. The van der Waals surface area contributed by atoms with Crippen LogP contribution in [0.15, 0.2) is 41.2 Å². The molecule has 1 unspecified atom stereocenters. The van der Waals surface area contributed by atoms with Gasteiger partial charge in [-0.1, -0.05) is 0 Å². The van der Waals surface area contributed by atoms with E-state index in [1.54, 1.807) is 26.1 Å². The summed E-state index contributed by atoms with van der Waals surface area (Å²) < 4.78 is 58.2. The predicted octanol–water partition coefficient (Wildman–Crippen LogP) is 4.50. The van der Waals surface area contributed by atoms with Crippen molar-refractivity contribution in [3.05, 3.63) is 63.8 Å². The highest BCUT2D eigenvalue weighted by atomic mass is 19.4. The number of nitrogens with zero attached hydrogens (tertiary/aromatic N) is 5. The number of ether oxygens (including phenoxy) is 1. The molecule has 1 aromatic carbocycles. The lowest BCUT2D eigenvalue weighted by atomic mass is 9.99. The van der Waals surface area contributed by atoms with Gasteiger partial charge in [-0.05, 0) is 51.1 Å². The number of aryl methyl sites for hydroxylation is 1. The molecule has 1 saturated heterocycles. The second-order valence-electron chi connectivity index (χ2n) is 9.06. The Balaban J connectivity index is 1.66. The van der Waals surface area contributed by atoms with Gasteiger partial charge in [0.15, 0.2) is 0 Å². The molecule has 11 heteroatoms. The molecule has 1 aliphatic heterocycles. The van der Waals surface area contributed by atoms with Crippen molar-refractivity contribution in [2.45, 2.75) is 45.3 Å². The second kappa shape index (κ2) is 9.43. The van der Waals surface area contributed by atoms with E-state index in [2.05, 4.69) is 9.72 Å². The van der Waals surface area contributed by atoms with Gasteiger partial charge in [0.25, 0.3) is 5.56 Å². The number of fused-ring (bicyclic) bond motifs is 1. The number of pyridine rings is 2. The molecule has 7 nitrogen and oxygen atoms in total. The number of anilines is 1. The van der Waals surface area contributed by atoms with Crippen molar-refractivity contribution < 1.29 is 22.3 Å². The SMILES string of the molecule is CC(c1cc(OC(F)(F)F)ccc1F)N1C[C@H](C)N(c2cc(=O)n(C)c3ccc(C#N)nc23)C[C@H]1C. The number of nitriles is 1. The van der Waals surface area contributed by atoms with Crippen LogP contribution in [0.5, 0.6) is 5.75 Å². The van der Waals surface area contributed by atoms with Crippen LogP contribution in [-0.4, -0.2) is 46.0 Å². The molecule has 1 aliphatic rings. The van der Waals surface area contributed by atoms with Crippen LogP contribution in [0.25, 0.3) is 11.0 Å². The molecule has 0 N–H and O–H groups in total. The van der Waals surface area contributed by atoms with Crippen molar-refractivity contribution >= 4 is 16.7 Å². The van der Waals surface area contributed by atoms with Gasteiger partial charge in [-0.2, -0.15) is 5.26 Å². The van der Waals surface area contributed by atoms with E-state index in [4.69, 9.17) is 0 Å². The Labute approximate surface area is 205 Å². The van der Waals surface area contributed by atoms with Gasteiger partial charge < -0.3 is 14.2 Å². The minimum absolute atomic E-state index is 0.101. The van der Waals surface area contributed by atoms with Crippen LogP contribution in [0.3, 0.4) is 0 Å². The first kappa shape index (κ1) is 25.4. The molecular weight excluding hydrogens is 478 g/mol. The summed E-state index contributed by atoms with van der Waals surface area (Å²) in [6.45, 7) is 6.51. The number of rotatable bonds is 4. The fraction of sp³-hybridized carbons (Fsp3) is 0.400.